The molecule has 1 amide bonds. The third-order valence-electron chi connectivity index (χ3n) is 3.61. The van der Waals surface area contributed by atoms with Gasteiger partial charge in [-0.15, -0.1) is 8.78 Å². The second-order valence-electron chi connectivity index (χ2n) is 5.44. The van der Waals surface area contributed by atoms with E-state index in [-0.39, 0.29) is 22.7 Å². The van der Waals surface area contributed by atoms with Crippen LogP contribution in [0.1, 0.15) is 10.4 Å². The molecule has 130 valence electrons. The van der Waals surface area contributed by atoms with Gasteiger partial charge in [-0.25, -0.2) is 9.97 Å². The van der Waals surface area contributed by atoms with Crippen molar-refractivity contribution in [2.24, 2.45) is 0 Å². The summed E-state index contributed by atoms with van der Waals surface area (Å²) in [7, 11) is 0. The lowest BCUT2D eigenvalue weighted by molar-refractivity contribution is -0.286. The minimum atomic E-state index is -3.70. The Morgan fingerprint density at radius 1 is 0.962 bits per heavy atom. The average molecular weight is 355 g/mol. The van der Waals surface area contributed by atoms with Gasteiger partial charge in [-0.3, -0.25) is 4.79 Å². The number of anilines is 1. The molecule has 2 aromatic carbocycles. The molecule has 1 N–H and O–H groups in total. The van der Waals surface area contributed by atoms with Gasteiger partial charge in [0.25, 0.3) is 5.91 Å². The quantitative estimate of drug-likeness (QED) is 0.775. The Hall–Kier alpha value is -3.55. The van der Waals surface area contributed by atoms with Crippen LogP contribution in [0.5, 0.6) is 11.5 Å². The van der Waals surface area contributed by atoms with Crippen molar-refractivity contribution in [3.05, 3.63) is 66.5 Å². The smallest absolute Gasteiger partial charge is 0.395 e. The molecule has 1 aliphatic heterocycles. The Kier molecular flexibility index (Phi) is 3.72. The minimum absolute atomic E-state index is 0.0939. The van der Waals surface area contributed by atoms with E-state index in [4.69, 9.17) is 0 Å². The lowest BCUT2D eigenvalue weighted by Crippen LogP contribution is -2.25. The molecule has 1 aliphatic rings. The van der Waals surface area contributed by atoms with Crippen molar-refractivity contribution < 1.29 is 23.0 Å². The van der Waals surface area contributed by atoms with Crippen LogP contribution in [0.25, 0.3) is 11.4 Å². The van der Waals surface area contributed by atoms with E-state index in [1.165, 1.54) is 30.6 Å². The maximum Gasteiger partial charge on any atom is 0.586 e. The molecular weight excluding hydrogens is 344 g/mol. The number of hydrogen-bond acceptors (Lipinski definition) is 5. The number of alkyl halides is 2. The van der Waals surface area contributed by atoms with Crippen LogP contribution in [0.3, 0.4) is 0 Å². The van der Waals surface area contributed by atoms with E-state index in [1.54, 1.807) is 0 Å². The third-order valence-corrected chi connectivity index (χ3v) is 3.61. The first-order chi connectivity index (χ1) is 12.5. The maximum atomic E-state index is 13.0. The summed E-state index contributed by atoms with van der Waals surface area (Å²) < 4.78 is 34.7. The fourth-order valence-electron chi connectivity index (χ4n) is 2.41. The topological polar surface area (TPSA) is 73.3 Å². The summed E-state index contributed by atoms with van der Waals surface area (Å²) in [6.07, 6.45) is -0.913. The van der Waals surface area contributed by atoms with Gasteiger partial charge in [0.1, 0.15) is 0 Å². The van der Waals surface area contributed by atoms with Crippen LogP contribution >= 0.6 is 0 Å². The predicted octanol–water partition coefficient (Wildman–Crippen LogP) is 3.72. The maximum absolute atomic E-state index is 13.0. The van der Waals surface area contributed by atoms with Crippen LogP contribution in [-0.4, -0.2) is 22.2 Å². The van der Waals surface area contributed by atoms with Crippen molar-refractivity contribution in [1.29, 1.82) is 0 Å². The van der Waals surface area contributed by atoms with Gasteiger partial charge in [-0.1, -0.05) is 30.3 Å². The largest absolute Gasteiger partial charge is 0.586 e. The van der Waals surface area contributed by atoms with Crippen LogP contribution in [0, 0.1) is 0 Å². The Balaban J connectivity index is 1.49. The number of hydrogen-bond donors (Lipinski definition) is 1. The first-order valence-corrected chi connectivity index (χ1v) is 7.59. The molecule has 0 fully saturated rings. The van der Waals surface area contributed by atoms with E-state index in [2.05, 4.69) is 24.8 Å². The number of carbonyl (C=O) groups excluding carboxylic acids is 1. The van der Waals surface area contributed by atoms with E-state index in [0.717, 1.165) is 5.56 Å². The van der Waals surface area contributed by atoms with Gasteiger partial charge < -0.3 is 14.8 Å². The number of nitrogens with zero attached hydrogens (tertiary/aromatic N) is 2. The van der Waals surface area contributed by atoms with Gasteiger partial charge in [-0.2, -0.15) is 0 Å². The fraction of sp³-hybridized carbons (Fsp3) is 0.0556. The number of benzene rings is 2. The Morgan fingerprint density at radius 2 is 1.65 bits per heavy atom. The van der Waals surface area contributed by atoms with Crippen molar-refractivity contribution >= 4 is 11.6 Å². The average Bonchev–Trinajstić information content (AvgIpc) is 2.95. The highest BCUT2D eigenvalue weighted by Gasteiger charge is 2.43. The van der Waals surface area contributed by atoms with Gasteiger partial charge in [0.05, 0.1) is 5.56 Å². The molecule has 0 spiro atoms. The molecule has 1 aromatic heterocycles. The zero-order valence-electron chi connectivity index (χ0n) is 13.1. The molecule has 0 aliphatic carbocycles. The molecule has 0 unspecified atom stereocenters. The predicted molar refractivity (Wildman–Crippen MR) is 88.1 cm³/mol. The number of aromatic nitrogens is 2. The van der Waals surface area contributed by atoms with Crippen LogP contribution in [0.4, 0.5) is 14.5 Å². The number of rotatable bonds is 3. The summed E-state index contributed by atoms with van der Waals surface area (Å²) in [5, 5.41) is 2.58. The normalized spacial score (nSPS) is 14.1. The lowest BCUT2D eigenvalue weighted by Gasteiger charge is -2.06. The highest BCUT2D eigenvalue weighted by atomic mass is 19.3. The van der Waals surface area contributed by atoms with E-state index in [1.807, 2.05) is 30.3 Å². The number of halogens is 2. The number of amides is 1. The van der Waals surface area contributed by atoms with Crippen molar-refractivity contribution in [2.75, 3.05) is 5.32 Å². The number of fused-ring (bicyclic) bond motifs is 1. The summed E-state index contributed by atoms with van der Waals surface area (Å²) in [5.41, 5.74) is 1.34. The number of nitrogens with one attached hydrogen (secondary N) is 1. The first-order valence-electron chi connectivity index (χ1n) is 7.59. The molecule has 0 bridgehead atoms. The van der Waals surface area contributed by atoms with Crippen molar-refractivity contribution in [2.45, 2.75) is 6.29 Å². The molecule has 4 rings (SSSR count). The number of ether oxygens (including phenoxy) is 2. The summed E-state index contributed by atoms with van der Waals surface area (Å²) in [6.45, 7) is 0. The zero-order valence-corrected chi connectivity index (χ0v) is 13.1. The van der Waals surface area contributed by atoms with Gasteiger partial charge in [0.2, 0.25) is 0 Å². The molecule has 2 heterocycles. The minimum Gasteiger partial charge on any atom is -0.395 e. The second-order valence-corrected chi connectivity index (χ2v) is 5.44. The van der Waals surface area contributed by atoms with Crippen molar-refractivity contribution in [1.82, 2.24) is 9.97 Å². The van der Waals surface area contributed by atoms with Crippen LogP contribution in [-0.2, 0) is 0 Å². The Morgan fingerprint density at radius 3 is 2.38 bits per heavy atom. The summed E-state index contributed by atoms with van der Waals surface area (Å²) in [6, 6.07) is 13.3. The number of carbonyl (C=O) groups is 1. The fourth-order valence-corrected chi connectivity index (χ4v) is 2.41. The Labute approximate surface area is 146 Å². The SMILES string of the molecule is O=C(Nc1ccc2c(c1)OC(F)(F)O2)c1cnc(-c2ccccc2)nc1. The van der Waals surface area contributed by atoms with Gasteiger partial charge in [0, 0.05) is 29.7 Å². The summed E-state index contributed by atoms with van der Waals surface area (Å²) >= 11 is 0. The van der Waals surface area contributed by atoms with Gasteiger partial charge in [0.15, 0.2) is 17.3 Å². The molecule has 0 atom stereocenters. The van der Waals surface area contributed by atoms with Crippen molar-refractivity contribution in [3.8, 4) is 22.9 Å². The molecule has 8 heteroatoms. The van der Waals surface area contributed by atoms with Crippen molar-refractivity contribution in [3.63, 3.8) is 0 Å². The molecular formula is C18H11F2N3O3. The molecule has 26 heavy (non-hydrogen) atoms. The van der Waals surface area contributed by atoms with E-state index in [9.17, 15) is 13.6 Å². The molecule has 6 nitrogen and oxygen atoms in total. The summed E-state index contributed by atoms with van der Waals surface area (Å²) in [5.74, 6) is -0.227. The van der Waals surface area contributed by atoms with E-state index in [0.29, 0.717) is 5.82 Å². The summed E-state index contributed by atoms with van der Waals surface area (Å²) in [4.78, 5) is 20.6. The van der Waals surface area contributed by atoms with Gasteiger partial charge in [-0.05, 0) is 12.1 Å². The molecule has 0 saturated heterocycles. The first kappa shape index (κ1) is 15.9. The molecule has 3 aromatic rings. The van der Waals surface area contributed by atoms with Crippen LogP contribution < -0.4 is 14.8 Å². The van der Waals surface area contributed by atoms with E-state index < -0.39 is 12.2 Å². The van der Waals surface area contributed by atoms with E-state index >= 15 is 0 Å². The van der Waals surface area contributed by atoms with Crippen LogP contribution in [0.2, 0.25) is 0 Å². The third kappa shape index (κ3) is 3.16. The lowest BCUT2D eigenvalue weighted by atomic mass is 10.2. The zero-order chi connectivity index (χ0) is 18.1. The van der Waals surface area contributed by atoms with Crippen LogP contribution in [0.15, 0.2) is 60.9 Å². The standard InChI is InChI=1S/C18H11F2N3O3/c19-18(20)25-14-7-6-13(8-15(14)26-18)23-17(24)12-9-21-16(22-10-12)11-4-2-1-3-5-11/h1-10H,(H,23,24). The highest BCUT2D eigenvalue weighted by molar-refractivity contribution is 6.04. The van der Waals surface area contributed by atoms with Gasteiger partial charge >= 0.3 is 6.29 Å². The highest BCUT2D eigenvalue weighted by Crippen LogP contribution is 2.42. The molecule has 0 saturated carbocycles. The monoisotopic (exact) mass is 355 g/mol. The molecule has 0 radical (unpaired) electrons. The Bertz CT molecular complexity index is 963. The second kappa shape index (κ2) is 6.07.